The minimum Gasteiger partial charge on any atom is -0.497 e. The lowest BCUT2D eigenvalue weighted by atomic mass is 10.0. The van der Waals surface area contributed by atoms with E-state index in [9.17, 15) is 0 Å². The predicted octanol–water partition coefficient (Wildman–Crippen LogP) is 5.38. The van der Waals surface area contributed by atoms with Crippen molar-refractivity contribution in [2.45, 2.75) is 19.0 Å². The van der Waals surface area contributed by atoms with Crippen LogP contribution in [0.5, 0.6) is 11.5 Å². The van der Waals surface area contributed by atoms with Gasteiger partial charge in [0.25, 0.3) is 0 Å². The number of rotatable bonds is 6. The van der Waals surface area contributed by atoms with Gasteiger partial charge in [0, 0.05) is 35.0 Å². The van der Waals surface area contributed by atoms with E-state index in [1.807, 2.05) is 54.7 Å². The Morgan fingerprint density at radius 2 is 1.65 bits per heavy atom. The fraction of sp³-hybridized carbons (Fsp3) is 0.185. The molecule has 1 fully saturated rings. The van der Waals surface area contributed by atoms with Crippen LogP contribution in [0.15, 0.2) is 85.1 Å². The predicted molar refractivity (Wildman–Crippen MR) is 138 cm³/mol. The second-order valence-electron chi connectivity index (χ2n) is 8.13. The van der Waals surface area contributed by atoms with E-state index < -0.39 is 0 Å². The van der Waals surface area contributed by atoms with Crippen LogP contribution in [0, 0.1) is 6.92 Å². The van der Waals surface area contributed by atoms with Crippen molar-refractivity contribution in [1.29, 1.82) is 0 Å². The van der Waals surface area contributed by atoms with E-state index in [0.717, 1.165) is 40.0 Å². The summed E-state index contributed by atoms with van der Waals surface area (Å²) in [7, 11) is 3.35. The summed E-state index contributed by atoms with van der Waals surface area (Å²) in [6.45, 7) is 2.11. The molecule has 3 heterocycles. The third-order valence-corrected chi connectivity index (χ3v) is 6.48. The maximum absolute atomic E-state index is 5.88. The highest BCUT2D eigenvalue weighted by molar-refractivity contribution is 7.80. The molecule has 6 nitrogen and oxygen atoms in total. The second-order valence-corrected chi connectivity index (χ2v) is 8.52. The normalized spacial score (nSPS) is 17.5. The first-order valence-corrected chi connectivity index (χ1v) is 11.5. The first kappa shape index (κ1) is 22.0. The molecule has 2 aromatic heterocycles. The van der Waals surface area contributed by atoms with Crippen LogP contribution in [-0.2, 0) is 0 Å². The maximum Gasteiger partial charge on any atom is 0.174 e. The van der Waals surface area contributed by atoms with Crippen LogP contribution in [0.4, 0.5) is 5.69 Å². The molecule has 0 unspecified atom stereocenters. The summed E-state index contributed by atoms with van der Waals surface area (Å²) >= 11 is 5.88. The van der Waals surface area contributed by atoms with Crippen molar-refractivity contribution in [2.24, 2.45) is 0 Å². The van der Waals surface area contributed by atoms with Gasteiger partial charge in [0.1, 0.15) is 17.5 Å². The Balaban J connectivity index is 1.68. The van der Waals surface area contributed by atoms with E-state index in [2.05, 4.69) is 57.0 Å². The number of anilines is 1. The first-order chi connectivity index (χ1) is 16.6. The Bertz CT molecular complexity index is 1300. The molecule has 5 rings (SSSR count). The number of hydrogen-bond acceptors (Lipinski definition) is 4. The summed E-state index contributed by atoms with van der Waals surface area (Å²) in [5.41, 5.74) is 5.18. The van der Waals surface area contributed by atoms with Crippen LogP contribution >= 0.6 is 12.2 Å². The molecule has 1 saturated heterocycles. The van der Waals surface area contributed by atoms with E-state index in [0.29, 0.717) is 5.11 Å². The van der Waals surface area contributed by atoms with Gasteiger partial charge >= 0.3 is 0 Å². The van der Waals surface area contributed by atoms with E-state index in [4.69, 9.17) is 21.7 Å². The lowest BCUT2D eigenvalue weighted by Crippen LogP contribution is -2.30. The molecule has 0 amide bonds. The van der Waals surface area contributed by atoms with Gasteiger partial charge in [-0.2, -0.15) is 0 Å². The number of nitrogens with one attached hydrogen (secondary N) is 1. The van der Waals surface area contributed by atoms with Crippen LogP contribution in [0.25, 0.3) is 5.69 Å². The number of pyridine rings is 1. The zero-order valence-electron chi connectivity index (χ0n) is 19.3. The number of nitrogens with zero attached hydrogens (tertiary/aromatic N) is 3. The second kappa shape index (κ2) is 9.19. The van der Waals surface area contributed by atoms with Crippen LogP contribution in [0.3, 0.4) is 0 Å². The summed E-state index contributed by atoms with van der Waals surface area (Å²) in [6, 6.07) is 26.1. The molecular formula is C27H26N4O2S. The molecule has 1 N–H and O–H groups in total. The largest absolute Gasteiger partial charge is 0.497 e. The lowest BCUT2D eigenvalue weighted by Gasteiger charge is -2.29. The number of thiocarbonyl (C=S) groups is 1. The molecule has 0 bridgehead atoms. The fourth-order valence-corrected chi connectivity index (χ4v) is 4.91. The van der Waals surface area contributed by atoms with E-state index in [-0.39, 0.29) is 12.1 Å². The fourth-order valence-electron chi connectivity index (χ4n) is 4.57. The molecule has 4 aromatic rings. The average molecular weight is 471 g/mol. The number of hydrogen-bond donors (Lipinski definition) is 1. The summed E-state index contributed by atoms with van der Waals surface area (Å²) in [6.07, 6.45) is 1.82. The molecule has 0 spiro atoms. The van der Waals surface area contributed by atoms with Gasteiger partial charge in [-0.15, -0.1) is 0 Å². The van der Waals surface area contributed by atoms with Crippen molar-refractivity contribution in [3.63, 3.8) is 0 Å². The number of methoxy groups -OCH3 is 2. The molecule has 1 aliphatic rings. The smallest absolute Gasteiger partial charge is 0.174 e. The highest BCUT2D eigenvalue weighted by Gasteiger charge is 2.42. The van der Waals surface area contributed by atoms with Crippen LogP contribution in [0.1, 0.15) is 29.2 Å². The lowest BCUT2D eigenvalue weighted by molar-refractivity contribution is 0.414. The number of aromatic nitrogens is 2. The summed E-state index contributed by atoms with van der Waals surface area (Å²) in [5.74, 6) is 1.60. The van der Waals surface area contributed by atoms with Crippen molar-refractivity contribution in [1.82, 2.24) is 14.9 Å². The summed E-state index contributed by atoms with van der Waals surface area (Å²) < 4.78 is 13.1. The van der Waals surface area contributed by atoms with Gasteiger partial charge in [0.05, 0.1) is 26.0 Å². The highest BCUT2D eigenvalue weighted by atomic mass is 32.1. The molecule has 0 aliphatic carbocycles. The standard InChI is InChI=1S/C27H26N4O2S/c1-18-10-15-24(30(18)19-11-13-21(32-2)14-12-19)26-25(23-9-4-5-16-28-23)29-27(34)31(26)20-7-6-8-22(17-20)33-3/h4-17,25-26H,1-3H3,(H,29,34)/t25-,26+/m1/s1. The third-order valence-electron chi connectivity index (χ3n) is 6.17. The monoisotopic (exact) mass is 470 g/mol. The molecule has 34 heavy (non-hydrogen) atoms. The van der Waals surface area contributed by atoms with Gasteiger partial charge in [-0.05, 0) is 79.8 Å². The first-order valence-electron chi connectivity index (χ1n) is 11.1. The zero-order valence-corrected chi connectivity index (χ0v) is 20.1. The van der Waals surface area contributed by atoms with Gasteiger partial charge in [0.2, 0.25) is 0 Å². The van der Waals surface area contributed by atoms with E-state index in [1.165, 1.54) is 0 Å². The molecule has 7 heteroatoms. The van der Waals surface area contributed by atoms with E-state index >= 15 is 0 Å². The average Bonchev–Trinajstić information content (AvgIpc) is 3.43. The van der Waals surface area contributed by atoms with Crippen molar-refractivity contribution in [3.8, 4) is 17.2 Å². The van der Waals surface area contributed by atoms with Crippen molar-refractivity contribution < 1.29 is 9.47 Å². The SMILES string of the molecule is COc1ccc(-n2c(C)ccc2[C@H]2[C@@H](c3ccccn3)NC(=S)N2c2cccc(OC)c2)cc1. The van der Waals surface area contributed by atoms with Gasteiger partial charge < -0.3 is 24.3 Å². The molecule has 1 aliphatic heterocycles. The third kappa shape index (κ3) is 3.88. The molecule has 0 radical (unpaired) electrons. The van der Waals surface area contributed by atoms with Crippen molar-refractivity contribution in [3.05, 3.63) is 102 Å². The zero-order chi connectivity index (χ0) is 23.7. The number of aryl methyl sites for hydroxylation is 1. The number of ether oxygens (including phenoxy) is 2. The van der Waals surface area contributed by atoms with Crippen molar-refractivity contribution in [2.75, 3.05) is 19.1 Å². The van der Waals surface area contributed by atoms with Crippen LogP contribution in [-0.4, -0.2) is 28.9 Å². The highest BCUT2D eigenvalue weighted by Crippen LogP contribution is 2.43. The van der Waals surface area contributed by atoms with Crippen molar-refractivity contribution >= 4 is 23.0 Å². The summed E-state index contributed by atoms with van der Waals surface area (Å²) in [4.78, 5) is 6.82. The van der Waals surface area contributed by atoms with E-state index in [1.54, 1.807) is 14.2 Å². The molecule has 2 atom stereocenters. The molecular weight excluding hydrogens is 444 g/mol. The Morgan fingerprint density at radius 1 is 0.853 bits per heavy atom. The minimum absolute atomic E-state index is 0.133. The summed E-state index contributed by atoms with van der Waals surface area (Å²) in [5, 5.41) is 4.18. The van der Waals surface area contributed by atoms with Gasteiger partial charge in [-0.3, -0.25) is 4.98 Å². The van der Waals surface area contributed by atoms with Crippen LogP contribution in [0.2, 0.25) is 0 Å². The topological polar surface area (TPSA) is 51.5 Å². The Morgan fingerprint density at radius 3 is 2.35 bits per heavy atom. The molecule has 0 saturated carbocycles. The van der Waals surface area contributed by atoms with Gasteiger partial charge in [-0.1, -0.05) is 12.1 Å². The Labute approximate surface area is 204 Å². The van der Waals surface area contributed by atoms with Gasteiger partial charge in [0.15, 0.2) is 5.11 Å². The molecule has 172 valence electrons. The molecule has 2 aromatic carbocycles. The van der Waals surface area contributed by atoms with Crippen LogP contribution < -0.4 is 19.7 Å². The Kier molecular flexibility index (Phi) is 5.94. The quantitative estimate of drug-likeness (QED) is 0.382. The number of benzene rings is 2. The van der Waals surface area contributed by atoms with Gasteiger partial charge in [-0.25, -0.2) is 0 Å². The Hall–Kier alpha value is -3.84. The minimum atomic E-state index is -0.134. The maximum atomic E-state index is 5.88.